The maximum absolute atomic E-state index is 7.45. The molecule has 0 aliphatic rings. The first-order valence-corrected chi connectivity index (χ1v) is 6.24. The summed E-state index contributed by atoms with van der Waals surface area (Å²) in [5, 5.41) is 7.45. The van der Waals surface area contributed by atoms with Crippen molar-refractivity contribution in [1.82, 2.24) is 0 Å². The van der Waals surface area contributed by atoms with Crippen molar-refractivity contribution in [3.05, 3.63) is 29.8 Å². The third-order valence-corrected chi connectivity index (χ3v) is 3.28. The van der Waals surface area contributed by atoms with E-state index in [1.807, 2.05) is 18.2 Å². The Bertz CT molecular complexity index is 369. The molecule has 0 atom stereocenters. The van der Waals surface area contributed by atoms with Gasteiger partial charge in [-0.25, -0.2) is 0 Å². The van der Waals surface area contributed by atoms with Gasteiger partial charge in [0.1, 0.15) is 5.84 Å². The number of nitrogens with one attached hydrogen (secondary N) is 1. The highest BCUT2D eigenvalue weighted by molar-refractivity contribution is 5.95. The second kappa shape index (κ2) is 6.28. The van der Waals surface area contributed by atoms with E-state index in [1.54, 1.807) is 0 Å². The van der Waals surface area contributed by atoms with Gasteiger partial charge in [0.2, 0.25) is 0 Å². The van der Waals surface area contributed by atoms with E-state index in [0.29, 0.717) is 0 Å². The van der Waals surface area contributed by atoms with Crippen LogP contribution >= 0.6 is 0 Å². The summed E-state index contributed by atoms with van der Waals surface area (Å²) in [5.41, 5.74) is 7.42. The molecule has 0 aliphatic carbocycles. The Hall–Kier alpha value is -1.51. The van der Waals surface area contributed by atoms with Gasteiger partial charge in [-0.2, -0.15) is 0 Å². The highest BCUT2D eigenvalue weighted by atomic mass is 15.1. The number of amidine groups is 1. The van der Waals surface area contributed by atoms with Crippen molar-refractivity contribution in [3.8, 4) is 0 Å². The van der Waals surface area contributed by atoms with Crippen LogP contribution in [0.25, 0.3) is 0 Å². The van der Waals surface area contributed by atoms with E-state index in [2.05, 4.69) is 31.9 Å². The minimum atomic E-state index is 0.128. The monoisotopic (exact) mass is 233 g/mol. The van der Waals surface area contributed by atoms with Gasteiger partial charge in [0.15, 0.2) is 0 Å². The molecule has 0 unspecified atom stereocenters. The molecule has 1 rings (SSSR count). The standard InChI is InChI=1S/C14H23N3/c1-4-11(5-2)10-17(3)13-8-6-7-12(9-13)14(15)16/h6-9,11H,4-5,10H2,1-3H3,(H3,15,16). The molecule has 1 aromatic carbocycles. The molecule has 3 nitrogen and oxygen atoms in total. The van der Waals surface area contributed by atoms with Crippen LogP contribution in [0.2, 0.25) is 0 Å². The molecule has 0 aromatic heterocycles. The molecule has 0 saturated heterocycles. The average molecular weight is 233 g/mol. The Balaban J connectivity index is 2.78. The number of hydrogen-bond acceptors (Lipinski definition) is 2. The van der Waals surface area contributed by atoms with Crippen LogP contribution in [0.1, 0.15) is 32.3 Å². The molecular formula is C14H23N3. The lowest BCUT2D eigenvalue weighted by molar-refractivity contribution is 0.494. The van der Waals surface area contributed by atoms with Crippen LogP contribution in [0.15, 0.2) is 24.3 Å². The van der Waals surface area contributed by atoms with E-state index in [4.69, 9.17) is 11.1 Å². The quantitative estimate of drug-likeness (QED) is 0.586. The van der Waals surface area contributed by atoms with Crippen molar-refractivity contribution < 1.29 is 0 Å². The molecule has 0 bridgehead atoms. The van der Waals surface area contributed by atoms with Gasteiger partial charge in [-0.3, -0.25) is 5.41 Å². The van der Waals surface area contributed by atoms with E-state index < -0.39 is 0 Å². The topological polar surface area (TPSA) is 53.1 Å². The van der Waals surface area contributed by atoms with Gasteiger partial charge in [0.05, 0.1) is 0 Å². The second-order valence-electron chi connectivity index (χ2n) is 4.53. The molecule has 0 fully saturated rings. The van der Waals surface area contributed by atoms with Crippen LogP contribution in [0.4, 0.5) is 5.69 Å². The van der Waals surface area contributed by atoms with Crippen LogP contribution in [0, 0.1) is 11.3 Å². The molecule has 3 N–H and O–H groups in total. The zero-order chi connectivity index (χ0) is 12.8. The van der Waals surface area contributed by atoms with Crippen molar-refractivity contribution >= 4 is 11.5 Å². The van der Waals surface area contributed by atoms with Crippen molar-refractivity contribution in [2.24, 2.45) is 11.7 Å². The first-order valence-electron chi connectivity index (χ1n) is 6.24. The van der Waals surface area contributed by atoms with E-state index >= 15 is 0 Å². The number of nitrogens with two attached hydrogens (primary N) is 1. The summed E-state index contributed by atoms with van der Waals surface area (Å²) in [7, 11) is 2.09. The lowest BCUT2D eigenvalue weighted by Gasteiger charge is -2.24. The highest BCUT2D eigenvalue weighted by Crippen LogP contribution is 2.18. The number of benzene rings is 1. The Morgan fingerprint density at radius 1 is 1.35 bits per heavy atom. The summed E-state index contributed by atoms with van der Waals surface area (Å²) in [6.07, 6.45) is 2.40. The first kappa shape index (κ1) is 13.6. The maximum Gasteiger partial charge on any atom is 0.122 e. The molecule has 94 valence electrons. The average Bonchev–Trinajstić information content (AvgIpc) is 2.35. The minimum Gasteiger partial charge on any atom is -0.384 e. The SMILES string of the molecule is CCC(CC)CN(C)c1cccc(C(=N)N)c1. The summed E-state index contributed by atoms with van der Waals surface area (Å²) >= 11 is 0. The zero-order valence-corrected chi connectivity index (χ0v) is 11.0. The Labute approximate surface area is 104 Å². The third-order valence-electron chi connectivity index (χ3n) is 3.28. The maximum atomic E-state index is 7.45. The predicted octanol–water partition coefficient (Wildman–Crippen LogP) is 2.84. The number of nitrogen functional groups attached to an aromatic ring is 1. The Kier molecular flexibility index (Phi) is 5.01. The molecule has 0 aliphatic heterocycles. The fourth-order valence-corrected chi connectivity index (χ4v) is 1.95. The van der Waals surface area contributed by atoms with Crippen LogP contribution < -0.4 is 10.6 Å². The molecule has 3 heteroatoms. The number of hydrogen-bond donors (Lipinski definition) is 2. The largest absolute Gasteiger partial charge is 0.384 e. The van der Waals surface area contributed by atoms with Gasteiger partial charge in [0, 0.05) is 24.8 Å². The summed E-state index contributed by atoms with van der Waals surface area (Å²) in [5.74, 6) is 0.851. The normalized spacial score (nSPS) is 10.6. The molecule has 0 amide bonds. The Morgan fingerprint density at radius 2 is 2.00 bits per heavy atom. The van der Waals surface area contributed by atoms with Crippen molar-refractivity contribution in [2.45, 2.75) is 26.7 Å². The van der Waals surface area contributed by atoms with Crippen LogP contribution in [0.5, 0.6) is 0 Å². The lowest BCUT2D eigenvalue weighted by atomic mass is 10.0. The minimum absolute atomic E-state index is 0.128. The summed E-state index contributed by atoms with van der Waals surface area (Å²) < 4.78 is 0. The first-order chi connectivity index (χ1) is 8.08. The fraction of sp³-hybridized carbons (Fsp3) is 0.500. The van der Waals surface area contributed by atoms with E-state index in [1.165, 1.54) is 12.8 Å². The number of anilines is 1. The van der Waals surface area contributed by atoms with Gasteiger partial charge in [-0.15, -0.1) is 0 Å². The van der Waals surface area contributed by atoms with Crippen LogP contribution in [-0.4, -0.2) is 19.4 Å². The summed E-state index contributed by atoms with van der Waals surface area (Å²) in [6.45, 7) is 5.51. The third kappa shape index (κ3) is 3.77. The number of rotatable bonds is 6. The Morgan fingerprint density at radius 3 is 2.53 bits per heavy atom. The van der Waals surface area contributed by atoms with Gasteiger partial charge in [-0.05, 0) is 18.1 Å². The molecule has 0 spiro atoms. The zero-order valence-electron chi connectivity index (χ0n) is 11.0. The van der Waals surface area contributed by atoms with E-state index in [9.17, 15) is 0 Å². The summed E-state index contributed by atoms with van der Waals surface area (Å²) in [4.78, 5) is 2.24. The molecule has 0 radical (unpaired) electrons. The second-order valence-corrected chi connectivity index (χ2v) is 4.53. The van der Waals surface area contributed by atoms with Gasteiger partial charge < -0.3 is 10.6 Å². The fourth-order valence-electron chi connectivity index (χ4n) is 1.95. The molecule has 1 aromatic rings. The van der Waals surface area contributed by atoms with E-state index in [0.717, 1.165) is 23.7 Å². The number of nitrogens with zero attached hydrogens (tertiary/aromatic N) is 1. The van der Waals surface area contributed by atoms with Crippen molar-refractivity contribution in [2.75, 3.05) is 18.5 Å². The van der Waals surface area contributed by atoms with E-state index in [-0.39, 0.29) is 5.84 Å². The molecular weight excluding hydrogens is 210 g/mol. The molecule has 0 saturated carbocycles. The molecule has 17 heavy (non-hydrogen) atoms. The highest BCUT2D eigenvalue weighted by Gasteiger charge is 2.09. The van der Waals surface area contributed by atoms with Crippen LogP contribution in [0.3, 0.4) is 0 Å². The predicted molar refractivity (Wildman–Crippen MR) is 74.8 cm³/mol. The van der Waals surface area contributed by atoms with Gasteiger partial charge >= 0.3 is 0 Å². The van der Waals surface area contributed by atoms with Gasteiger partial charge in [0.25, 0.3) is 0 Å². The van der Waals surface area contributed by atoms with Crippen LogP contribution in [-0.2, 0) is 0 Å². The smallest absolute Gasteiger partial charge is 0.122 e. The van der Waals surface area contributed by atoms with Crippen molar-refractivity contribution in [1.29, 1.82) is 5.41 Å². The van der Waals surface area contributed by atoms with Gasteiger partial charge in [-0.1, -0.05) is 38.8 Å². The molecule has 0 heterocycles. The summed E-state index contributed by atoms with van der Waals surface area (Å²) in [6, 6.07) is 7.87. The lowest BCUT2D eigenvalue weighted by Crippen LogP contribution is -2.25. The van der Waals surface area contributed by atoms with Crippen molar-refractivity contribution in [3.63, 3.8) is 0 Å².